The Labute approximate surface area is 318 Å². The van der Waals surface area contributed by atoms with Gasteiger partial charge in [0.1, 0.15) is 11.0 Å². The van der Waals surface area contributed by atoms with Gasteiger partial charge in [-0.2, -0.15) is 0 Å². The van der Waals surface area contributed by atoms with Crippen LogP contribution in [0.4, 0.5) is 0 Å². The predicted molar refractivity (Wildman–Crippen MR) is 225 cm³/mol. The highest BCUT2D eigenvalue weighted by Crippen LogP contribution is 2.39. The molecule has 8 bridgehead atoms. The van der Waals surface area contributed by atoms with E-state index in [4.69, 9.17) is 34.9 Å². The molecule has 2 aliphatic carbocycles. The maximum atomic E-state index is 5.31. The van der Waals surface area contributed by atoms with E-state index < -0.39 is 0 Å². The van der Waals surface area contributed by atoms with Crippen LogP contribution in [0.5, 0.6) is 0 Å². The molecule has 7 aromatic rings. The fourth-order valence-corrected chi connectivity index (χ4v) is 8.62. The highest BCUT2D eigenvalue weighted by Gasteiger charge is 2.32. The van der Waals surface area contributed by atoms with Crippen LogP contribution in [0.25, 0.3) is 43.1 Å². The van der Waals surface area contributed by atoms with Crippen molar-refractivity contribution in [2.24, 2.45) is 40.9 Å². The Morgan fingerprint density at radius 2 is 0.893 bits per heavy atom. The van der Waals surface area contributed by atoms with Crippen LogP contribution in [-0.4, -0.2) is 34.2 Å². The number of amidine groups is 5. The number of benzene rings is 6. The van der Waals surface area contributed by atoms with Gasteiger partial charge in [0, 0.05) is 50.1 Å². The molecule has 0 fully saturated rings. The molecule has 13 rings (SSSR count). The highest BCUT2D eigenvalue weighted by molar-refractivity contribution is 6.31. The number of aromatic nitrogens is 1. The van der Waals surface area contributed by atoms with Crippen molar-refractivity contribution < 1.29 is 0 Å². The lowest BCUT2D eigenvalue weighted by atomic mass is 9.84. The second kappa shape index (κ2) is 10.9. The summed E-state index contributed by atoms with van der Waals surface area (Å²) in [5, 5.41) is 8.50. The summed E-state index contributed by atoms with van der Waals surface area (Å²) >= 11 is 0. The van der Waals surface area contributed by atoms with E-state index in [1.807, 2.05) is 0 Å². The van der Waals surface area contributed by atoms with E-state index in [9.17, 15) is 0 Å². The van der Waals surface area contributed by atoms with Crippen LogP contribution in [0.3, 0.4) is 0 Å². The van der Waals surface area contributed by atoms with Crippen LogP contribution in [0.15, 0.2) is 203 Å². The zero-order chi connectivity index (χ0) is 36.5. The fourth-order valence-electron chi connectivity index (χ4n) is 8.62. The molecular formula is C48H26N8. The normalized spacial score (nSPS) is 18.6. The van der Waals surface area contributed by atoms with Gasteiger partial charge < -0.3 is 4.98 Å². The van der Waals surface area contributed by atoms with Gasteiger partial charge in [-0.05, 0) is 80.4 Å². The van der Waals surface area contributed by atoms with Crippen molar-refractivity contribution >= 4 is 72.3 Å². The molecule has 6 aromatic carbocycles. The Bertz CT molecular complexity index is 3520. The van der Waals surface area contributed by atoms with Gasteiger partial charge in [-0.3, -0.25) is 0 Å². The Balaban J connectivity index is 1.15. The number of H-pyrrole nitrogens is 1. The summed E-state index contributed by atoms with van der Waals surface area (Å²) in [5.74, 6) is 3.48. The van der Waals surface area contributed by atoms with Gasteiger partial charge in [0.15, 0.2) is 35.0 Å². The predicted octanol–water partition coefficient (Wildman–Crippen LogP) is 8.53. The van der Waals surface area contributed by atoms with Crippen LogP contribution in [0.2, 0.25) is 0 Å². The molecule has 6 aliphatic rings. The first-order valence-electron chi connectivity index (χ1n) is 18.7. The van der Waals surface area contributed by atoms with Crippen LogP contribution in [0.1, 0.15) is 22.3 Å². The van der Waals surface area contributed by atoms with Gasteiger partial charge >= 0.3 is 0 Å². The molecule has 1 atom stereocenters. The molecule has 0 amide bonds. The molecule has 1 aromatic heterocycles. The third-order valence-electron chi connectivity index (χ3n) is 11.4. The Hall–Kier alpha value is -7.71. The molecule has 0 saturated carbocycles. The fraction of sp³-hybridized carbons (Fsp3) is 0.0208. The average molecular weight is 715 g/mol. The molecule has 5 heterocycles. The van der Waals surface area contributed by atoms with E-state index in [1.165, 1.54) is 5.57 Å². The van der Waals surface area contributed by atoms with Gasteiger partial charge in [-0.1, -0.05) is 103 Å². The minimum atomic E-state index is 0.110. The lowest BCUT2D eigenvalue weighted by molar-refractivity contribution is 0.968. The quantitative estimate of drug-likeness (QED) is 0.163. The van der Waals surface area contributed by atoms with Crippen molar-refractivity contribution in [2.75, 3.05) is 0 Å². The van der Waals surface area contributed by atoms with E-state index in [0.717, 1.165) is 76.5 Å². The second-order valence-electron chi connectivity index (χ2n) is 14.7. The number of hydrogen-bond acceptors (Lipinski definition) is 7. The number of rotatable bonds is 0. The molecule has 8 nitrogen and oxygen atoms in total. The molecule has 258 valence electrons. The van der Waals surface area contributed by atoms with Gasteiger partial charge in [-0.25, -0.2) is 34.9 Å². The number of fused-ring (bicyclic) bond motifs is 20. The van der Waals surface area contributed by atoms with Gasteiger partial charge in [0.25, 0.3) is 0 Å². The monoisotopic (exact) mass is 714 g/mol. The first-order valence-corrected chi connectivity index (χ1v) is 18.7. The first kappa shape index (κ1) is 29.7. The summed E-state index contributed by atoms with van der Waals surface area (Å²) < 4.78 is 0. The van der Waals surface area contributed by atoms with Gasteiger partial charge in [-0.15, -0.1) is 0 Å². The van der Waals surface area contributed by atoms with E-state index in [0.29, 0.717) is 46.0 Å². The van der Waals surface area contributed by atoms with Crippen molar-refractivity contribution in [3.8, 4) is 0 Å². The third kappa shape index (κ3) is 4.32. The summed E-state index contributed by atoms with van der Waals surface area (Å²) in [5.41, 5.74) is 7.96. The minimum Gasteiger partial charge on any atom is -0.324 e. The summed E-state index contributed by atoms with van der Waals surface area (Å²) in [7, 11) is 0. The van der Waals surface area contributed by atoms with E-state index >= 15 is 0 Å². The third-order valence-corrected chi connectivity index (χ3v) is 11.4. The van der Waals surface area contributed by atoms with E-state index in [2.05, 4.69) is 151 Å². The second-order valence-corrected chi connectivity index (χ2v) is 14.7. The molecule has 56 heavy (non-hydrogen) atoms. The number of aromatic amines is 1. The first-order chi connectivity index (χ1) is 27.7. The molecule has 0 saturated heterocycles. The van der Waals surface area contributed by atoms with Crippen molar-refractivity contribution in [1.29, 1.82) is 0 Å². The summed E-state index contributed by atoms with van der Waals surface area (Å²) in [6.45, 7) is 0. The standard InChI is InChI=1S/C48H26N8/c1-2-10-26-18-34-33(17-25(26)9-1)41-49-42(34)54-44-37-21-29-13-5-6-14-30(29)22-38(37)46(51-44)56-48-40-24-32-16-8-7-15-31(32)23-39(40)47(52-48)55-45-36-20-28-12-4-3-11-27(28)19-35(36)43(50-45)53-41/h1-25H,(H,49,50,51,52,53,54,55,56). The zero-order valence-electron chi connectivity index (χ0n) is 29.6. The molecule has 0 spiro atoms. The number of hydrogen-bond donors (Lipinski definition) is 1. The number of aliphatic imine (C=N–C) groups is 5. The topological polar surface area (TPSA) is 102 Å². The van der Waals surface area contributed by atoms with Gasteiger partial charge in [0.05, 0.1) is 0 Å². The number of allylic oxidation sites excluding steroid dienone is 7. The largest absolute Gasteiger partial charge is 0.324 e. The lowest BCUT2D eigenvalue weighted by Gasteiger charge is -2.20. The summed E-state index contributed by atoms with van der Waals surface area (Å²) in [4.78, 5) is 40.3. The van der Waals surface area contributed by atoms with E-state index in [-0.39, 0.29) is 5.92 Å². The van der Waals surface area contributed by atoms with Crippen LogP contribution >= 0.6 is 0 Å². The SMILES string of the molecule is C1=CC2=CC3=C4N=C(N=c5[nH]c(c6cc7ccccc7cc56)=NC5=NC(=NC6=NC(=N4)c4cc7ccccc7cc46)c4cc6ccccc6cc45)C3=CC2C=C1. The molecule has 8 heteroatoms. The Morgan fingerprint density at radius 3 is 1.43 bits per heavy atom. The summed E-state index contributed by atoms with van der Waals surface area (Å²) in [6.07, 6.45) is 12.9. The number of nitrogens with zero attached hydrogens (tertiary/aromatic N) is 7. The lowest BCUT2D eigenvalue weighted by Crippen LogP contribution is -2.16. The maximum Gasteiger partial charge on any atom is 0.164 e. The van der Waals surface area contributed by atoms with Crippen molar-refractivity contribution in [2.45, 2.75) is 0 Å². The van der Waals surface area contributed by atoms with Crippen molar-refractivity contribution in [3.63, 3.8) is 0 Å². The smallest absolute Gasteiger partial charge is 0.164 e. The Morgan fingerprint density at radius 1 is 0.446 bits per heavy atom. The number of nitrogens with one attached hydrogen (secondary N) is 1. The molecular weight excluding hydrogens is 689 g/mol. The molecule has 1 N–H and O–H groups in total. The van der Waals surface area contributed by atoms with Crippen LogP contribution in [0, 0.1) is 5.92 Å². The Kier molecular flexibility index (Phi) is 5.80. The van der Waals surface area contributed by atoms with Crippen LogP contribution < -0.4 is 11.0 Å². The highest BCUT2D eigenvalue weighted by atomic mass is 15.1. The zero-order valence-corrected chi connectivity index (χ0v) is 29.6. The van der Waals surface area contributed by atoms with Crippen LogP contribution in [-0.2, 0) is 0 Å². The average Bonchev–Trinajstić information content (AvgIpc) is 3.95. The maximum absolute atomic E-state index is 5.31. The molecule has 1 unspecified atom stereocenters. The molecule has 4 aliphatic heterocycles. The summed E-state index contributed by atoms with van der Waals surface area (Å²) in [6, 6.07) is 38.0. The molecule has 0 radical (unpaired) electrons. The van der Waals surface area contributed by atoms with Gasteiger partial charge in [0.2, 0.25) is 0 Å². The van der Waals surface area contributed by atoms with E-state index in [1.54, 1.807) is 0 Å². The van der Waals surface area contributed by atoms with Crippen molar-refractivity contribution in [1.82, 2.24) is 4.98 Å². The minimum absolute atomic E-state index is 0.110. The van der Waals surface area contributed by atoms with Crippen molar-refractivity contribution in [3.05, 3.63) is 201 Å².